The van der Waals surface area contributed by atoms with E-state index in [-0.39, 0.29) is 0 Å². The molecule has 3 heteroatoms. The van der Waals surface area contributed by atoms with Crippen LogP contribution in [-0.2, 0) is 0 Å². The van der Waals surface area contributed by atoms with Gasteiger partial charge in [0.25, 0.3) is 0 Å². The van der Waals surface area contributed by atoms with Crippen LogP contribution in [0.1, 0.15) is 44.9 Å². The lowest BCUT2D eigenvalue weighted by molar-refractivity contribution is 0.605. The van der Waals surface area contributed by atoms with Crippen molar-refractivity contribution in [3.8, 4) is 0 Å². The summed E-state index contributed by atoms with van der Waals surface area (Å²) in [5, 5.41) is 0. The van der Waals surface area contributed by atoms with E-state index in [2.05, 4.69) is 48.5 Å². The molecule has 2 heterocycles. The van der Waals surface area contributed by atoms with Crippen LogP contribution in [0, 0.1) is 6.92 Å². The molecule has 3 nitrogen and oxygen atoms in total. The Morgan fingerprint density at radius 3 is 2.53 bits per heavy atom. The number of rotatable bonds is 1. The normalized spacial score (nSPS) is 12.4. The quantitative estimate of drug-likeness (QED) is 0.739. The first-order valence-corrected chi connectivity index (χ1v) is 5.59. The summed E-state index contributed by atoms with van der Waals surface area (Å²) in [6, 6.07) is 0.489. The highest BCUT2D eigenvalue weighted by molar-refractivity contribution is 5.69. The second-order valence-corrected chi connectivity index (χ2v) is 3.68. The summed E-state index contributed by atoms with van der Waals surface area (Å²) in [6.45, 7) is 10.5. The maximum absolute atomic E-state index is 3.16. The molecule has 0 bridgehead atoms. The fourth-order valence-electron chi connectivity index (χ4n) is 1.65. The van der Waals surface area contributed by atoms with Crippen LogP contribution >= 0.6 is 0 Å². The molecule has 1 aromatic rings. The summed E-state index contributed by atoms with van der Waals surface area (Å²) in [5.41, 5.74) is 8.76. The van der Waals surface area contributed by atoms with Gasteiger partial charge in [-0.3, -0.25) is 5.43 Å². The third kappa shape index (κ3) is 2.17. The summed E-state index contributed by atoms with van der Waals surface area (Å²) >= 11 is 0. The number of fused-ring (bicyclic) bond motifs is 1. The van der Waals surface area contributed by atoms with Crippen molar-refractivity contribution in [2.75, 3.05) is 5.43 Å². The number of hydrogen-bond donors (Lipinski definition) is 2. The topological polar surface area (TPSA) is 29.0 Å². The van der Waals surface area contributed by atoms with E-state index < -0.39 is 0 Å². The summed E-state index contributed by atoms with van der Waals surface area (Å²) in [5.74, 6) is 1.16. The lowest BCUT2D eigenvalue weighted by atomic mass is 10.2. The van der Waals surface area contributed by atoms with E-state index in [9.17, 15) is 0 Å². The first-order valence-electron chi connectivity index (χ1n) is 5.59. The van der Waals surface area contributed by atoms with Crippen LogP contribution in [0.2, 0.25) is 0 Å². The van der Waals surface area contributed by atoms with E-state index in [4.69, 9.17) is 0 Å². The van der Waals surface area contributed by atoms with E-state index in [1.807, 2.05) is 20.0 Å². The van der Waals surface area contributed by atoms with Crippen LogP contribution in [-0.4, -0.2) is 4.57 Å². The molecule has 1 aromatic heterocycles. The minimum absolute atomic E-state index is 0.489. The predicted octanol–water partition coefficient (Wildman–Crippen LogP) is 3.30. The van der Waals surface area contributed by atoms with E-state index in [1.165, 1.54) is 11.1 Å². The molecule has 0 atom stereocenters. The van der Waals surface area contributed by atoms with Gasteiger partial charge in [0, 0.05) is 24.0 Å². The predicted molar refractivity (Wildman–Crippen MR) is 66.7 cm³/mol. The Bertz CT molecular complexity index is 348. The highest BCUT2D eigenvalue weighted by Gasteiger charge is 2.14. The number of hydrazine groups is 1. The number of nitrogens with zero attached hydrogens (tertiary/aromatic N) is 1. The minimum atomic E-state index is 0.489. The minimum Gasteiger partial charge on any atom is -0.330 e. The van der Waals surface area contributed by atoms with Crippen LogP contribution in [0.25, 0.3) is 6.08 Å². The molecule has 0 amide bonds. The van der Waals surface area contributed by atoms with E-state index in [0.717, 1.165) is 5.82 Å². The van der Waals surface area contributed by atoms with Crippen LogP contribution in [0.4, 0.5) is 5.82 Å². The molecule has 84 valence electrons. The van der Waals surface area contributed by atoms with E-state index >= 15 is 0 Å². The lowest BCUT2D eigenvalue weighted by Crippen LogP contribution is -2.21. The Balaban J connectivity index is 0.000000531. The third-order valence-corrected chi connectivity index (χ3v) is 2.35. The summed E-state index contributed by atoms with van der Waals surface area (Å²) < 4.78 is 2.24. The van der Waals surface area contributed by atoms with Crippen molar-refractivity contribution in [3.05, 3.63) is 23.5 Å². The lowest BCUT2D eigenvalue weighted by Gasteiger charge is -2.17. The molecule has 0 aromatic carbocycles. The fraction of sp³-hybridized carbons (Fsp3) is 0.500. The monoisotopic (exact) mass is 207 g/mol. The Labute approximate surface area is 92.2 Å². The molecule has 0 radical (unpaired) electrons. The Morgan fingerprint density at radius 2 is 1.93 bits per heavy atom. The van der Waals surface area contributed by atoms with E-state index in [0.29, 0.717) is 6.04 Å². The van der Waals surface area contributed by atoms with Gasteiger partial charge < -0.3 is 9.99 Å². The molecule has 0 aliphatic carbocycles. The van der Waals surface area contributed by atoms with Crippen molar-refractivity contribution in [3.63, 3.8) is 0 Å². The summed E-state index contributed by atoms with van der Waals surface area (Å²) in [7, 11) is 0. The molecule has 0 fully saturated rings. The second-order valence-electron chi connectivity index (χ2n) is 3.68. The van der Waals surface area contributed by atoms with Gasteiger partial charge in [0.1, 0.15) is 5.82 Å². The van der Waals surface area contributed by atoms with Gasteiger partial charge in [0.05, 0.1) is 0 Å². The second kappa shape index (κ2) is 4.91. The fourth-order valence-corrected chi connectivity index (χ4v) is 1.65. The van der Waals surface area contributed by atoms with Crippen LogP contribution in [0.3, 0.4) is 0 Å². The van der Waals surface area contributed by atoms with Gasteiger partial charge in [0.15, 0.2) is 0 Å². The Morgan fingerprint density at radius 1 is 1.27 bits per heavy atom. The zero-order valence-corrected chi connectivity index (χ0v) is 10.3. The largest absolute Gasteiger partial charge is 0.330 e. The van der Waals surface area contributed by atoms with E-state index in [1.54, 1.807) is 0 Å². The van der Waals surface area contributed by atoms with Crippen LogP contribution < -0.4 is 10.9 Å². The number of anilines is 1. The average molecular weight is 207 g/mol. The Hall–Kier alpha value is -1.38. The summed E-state index contributed by atoms with van der Waals surface area (Å²) in [6.07, 6.45) is 6.19. The molecule has 0 saturated carbocycles. The van der Waals surface area contributed by atoms with Gasteiger partial charge in [-0.1, -0.05) is 13.8 Å². The zero-order chi connectivity index (χ0) is 11.4. The highest BCUT2D eigenvalue weighted by atomic mass is 15.4. The molecular weight excluding hydrogens is 186 g/mol. The molecule has 2 N–H and O–H groups in total. The third-order valence-electron chi connectivity index (χ3n) is 2.35. The first-order chi connectivity index (χ1) is 7.20. The van der Waals surface area contributed by atoms with Crippen LogP contribution in [0.5, 0.6) is 0 Å². The van der Waals surface area contributed by atoms with Crippen molar-refractivity contribution in [2.45, 2.75) is 40.7 Å². The molecule has 2 rings (SSSR count). The zero-order valence-electron chi connectivity index (χ0n) is 10.3. The van der Waals surface area contributed by atoms with Crippen LogP contribution in [0.15, 0.2) is 12.4 Å². The standard InChI is InChI=1S/C10H15N3.C2H6/c1-7(2)13-6-8(3)9-4-5-11-12-10(9)13;1-2/h4-7,11-12H,1-3H3;1-2H3. The smallest absolute Gasteiger partial charge is 0.132 e. The van der Waals surface area contributed by atoms with Gasteiger partial charge >= 0.3 is 0 Å². The van der Waals surface area contributed by atoms with Gasteiger partial charge in [-0.15, -0.1) is 0 Å². The maximum Gasteiger partial charge on any atom is 0.132 e. The Kier molecular flexibility index (Phi) is 3.83. The number of hydrogen-bond acceptors (Lipinski definition) is 2. The number of aryl methyl sites for hydroxylation is 1. The number of nitrogens with one attached hydrogen (secondary N) is 2. The SMILES string of the molecule is CC.Cc1cn(C(C)C)c2c1C=CNN2. The molecule has 0 saturated heterocycles. The molecule has 1 aliphatic rings. The van der Waals surface area contributed by atoms with Crippen molar-refractivity contribution in [1.82, 2.24) is 9.99 Å². The molecule has 15 heavy (non-hydrogen) atoms. The first kappa shape index (κ1) is 11.7. The summed E-state index contributed by atoms with van der Waals surface area (Å²) in [4.78, 5) is 0. The van der Waals surface area contributed by atoms with Gasteiger partial charge in [-0.25, -0.2) is 0 Å². The van der Waals surface area contributed by atoms with Crippen molar-refractivity contribution in [2.24, 2.45) is 0 Å². The van der Waals surface area contributed by atoms with Gasteiger partial charge in [0.2, 0.25) is 0 Å². The molecule has 0 spiro atoms. The van der Waals surface area contributed by atoms with Crippen molar-refractivity contribution in [1.29, 1.82) is 0 Å². The molecule has 0 unspecified atom stereocenters. The van der Waals surface area contributed by atoms with Gasteiger partial charge in [-0.05, 0) is 32.4 Å². The van der Waals surface area contributed by atoms with Crippen molar-refractivity contribution >= 4 is 11.9 Å². The average Bonchev–Trinajstić information content (AvgIpc) is 2.60. The van der Waals surface area contributed by atoms with Crippen molar-refractivity contribution < 1.29 is 0 Å². The van der Waals surface area contributed by atoms with Gasteiger partial charge in [-0.2, -0.15) is 0 Å². The molecular formula is C12H21N3. The molecule has 1 aliphatic heterocycles. The highest BCUT2D eigenvalue weighted by Crippen LogP contribution is 2.27. The number of aromatic nitrogens is 1. The maximum atomic E-state index is 3.16.